The third-order valence-electron chi connectivity index (χ3n) is 4.73. The van der Waals surface area contributed by atoms with E-state index in [0.717, 1.165) is 5.56 Å². The predicted molar refractivity (Wildman–Crippen MR) is 79.9 cm³/mol. The maximum absolute atomic E-state index is 11.4. The number of rotatable bonds is 4. The van der Waals surface area contributed by atoms with Crippen molar-refractivity contribution in [1.82, 2.24) is 4.90 Å². The fraction of sp³-hybridized carbons (Fsp3) is 0.438. The van der Waals surface area contributed by atoms with E-state index in [1.54, 1.807) is 0 Å². The zero-order chi connectivity index (χ0) is 17.3. The Morgan fingerprint density at radius 1 is 1.13 bits per heavy atom. The van der Waals surface area contributed by atoms with E-state index < -0.39 is 22.8 Å². The van der Waals surface area contributed by atoms with Crippen LogP contribution in [-0.4, -0.2) is 51.7 Å². The van der Waals surface area contributed by atoms with Gasteiger partial charge in [0.25, 0.3) is 6.47 Å². The smallest absolute Gasteiger partial charge is 0.312 e. The molecule has 0 radical (unpaired) electrons. The lowest BCUT2D eigenvalue weighted by Gasteiger charge is -2.19. The van der Waals surface area contributed by atoms with E-state index in [-0.39, 0.29) is 12.9 Å². The molecule has 1 aliphatic carbocycles. The average Bonchev–Trinajstić information content (AvgIpc) is 3.02. The van der Waals surface area contributed by atoms with Crippen molar-refractivity contribution in [3.63, 3.8) is 0 Å². The standard InChI is InChI=1S/C15H17NO4.CH2O2/c1-10-2-4-11(5-3-10)6-16-8-14(12(17)18)7-15(14,9-16)13(19)20;2-1-3/h2-5H,6-9H2,1H3,(H,17,18)(H,19,20);1H,(H,2,3)/t14-,15+;. The molecule has 0 unspecified atom stereocenters. The Hall–Kier alpha value is -2.41. The summed E-state index contributed by atoms with van der Waals surface area (Å²) in [5, 5.41) is 25.6. The molecule has 7 nitrogen and oxygen atoms in total. The number of hydrogen-bond acceptors (Lipinski definition) is 4. The summed E-state index contributed by atoms with van der Waals surface area (Å²) in [4.78, 5) is 33.2. The van der Waals surface area contributed by atoms with Gasteiger partial charge in [-0.25, -0.2) is 0 Å². The summed E-state index contributed by atoms with van der Waals surface area (Å²) < 4.78 is 0. The van der Waals surface area contributed by atoms with Crippen LogP contribution in [-0.2, 0) is 20.9 Å². The maximum Gasteiger partial charge on any atom is 0.312 e. The molecule has 3 N–H and O–H groups in total. The van der Waals surface area contributed by atoms with Gasteiger partial charge in [-0.15, -0.1) is 0 Å². The zero-order valence-electron chi connectivity index (χ0n) is 12.7. The van der Waals surface area contributed by atoms with Crippen LogP contribution in [0.15, 0.2) is 24.3 Å². The van der Waals surface area contributed by atoms with E-state index in [9.17, 15) is 19.8 Å². The van der Waals surface area contributed by atoms with Crippen molar-refractivity contribution < 1.29 is 29.7 Å². The number of carbonyl (C=O) groups is 3. The summed E-state index contributed by atoms with van der Waals surface area (Å²) >= 11 is 0. The van der Waals surface area contributed by atoms with Crippen LogP contribution in [0.5, 0.6) is 0 Å². The largest absolute Gasteiger partial charge is 0.483 e. The van der Waals surface area contributed by atoms with Gasteiger partial charge in [-0.2, -0.15) is 0 Å². The summed E-state index contributed by atoms with van der Waals surface area (Å²) in [7, 11) is 0. The Labute approximate surface area is 133 Å². The number of carboxylic acid groups (broad SMARTS) is 3. The number of likely N-dealkylation sites (tertiary alicyclic amines) is 1. The van der Waals surface area contributed by atoms with Crippen LogP contribution in [0, 0.1) is 17.8 Å². The molecule has 1 aliphatic heterocycles. The van der Waals surface area contributed by atoms with Gasteiger partial charge in [0.1, 0.15) is 0 Å². The Morgan fingerprint density at radius 3 is 1.96 bits per heavy atom. The van der Waals surface area contributed by atoms with E-state index in [2.05, 4.69) is 0 Å². The molecule has 0 aromatic heterocycles. The van der Waals surface area contributed by atoms with Gasteiger partial charge < -0.3 is 15.3 Å². The molecule has 1 saturated carbocycles. The molecule has 0 spiro atoms. The molecule has 0 amide bonds. The lowest BCUT2D eigenvalue weighted by Crippen LogP contribution is -2.28. The van der Waals surface area contributed by atoms with Crippen molar-refractivity contribution in [3.8, 4) is 0 Å². The van der Waals surface area contributed by atoms with Gasteiger partial charge in [-0.05, 0) is 18.9 Å². The monoisotopic (exact) mass is 321 g/mol. The second kappa shape index (κ2) is 6.00. The zero-order valence-corrected chi connectivity index (χ0v) is 12.7. The first-order valence-electron chi connectivity index (χ1n) is 7.14. The molecule has 2 fully saturated rings. The number of benzene rings is 1. The Balaban J connectivity index is 0.000000595. The summed E-state index contributed by atoms with van der Waals surface area (Å²) in [6.45, 7) is 3.00. The van der Waals surface area contributed by atoms with Crippen LogP contribution < -0.4 is 0 Å². The summed E-state index contributed by atoms with van der Waals surface area (Å²) in [6, 6.07) is 8.01. The highest BCUT2D eigenvalue weighted by Gasteiger charge is 2.80. The first kappa shape index (κ1) is 17.0. The lowest BCUT2D eigenvalue weighted by molar-refractivity contribution is -0.151. The van der Waals surface area contributed by atoms with Crippen molar-refractivity contribution >= 4 is 18.4 Å². The Kier molecular flexibility index (Phi) is 4.42. The number of nitrogens with zero attached hydrogens (tertiary/aromatic N) is 1. The maximum atomic E-state index is 11.4. The number of piperidine rings is 1. The summed E-state index contributed by atoms with van der Waals surface area (Å²) in [5.74, 6) is -1.96. The first-order chi connectivity index (χ1) is 10.8. The minimum absolute atomic E-state index is 0.250. The second-order valence-corrected chi connectivity index (χ2v) is 6.19. The number of fused-ring (bicyclic) bond motifs is 1. The van der Waals surface area contributed by atoms with Gasteiger partial charge >= 0.3 is 11.9 Å². The van der Waals surface area contributed by atoms with Crippen LogP contribution in [0.4, 0.5) is 0 Å². The molecule has 3 rings (SSSR count). The molecule has 7 heteroatoms. The molecule has 1 aromatic rings. The van der Waals surface area contributed by atoms with E-state index in [0.29, 0.717) is 19.6 Å². The second-order valence-electron chi connectivity index (χ2n) is 6.19. The molecule has 1 heterocycles. The molecule has 1 aromatic carbocycles. The van der Waals surface area contributed by atoms with Gasteiger partial charge in [0.05, 0.1) is 10.8 Å². The molecule has 0 bridgehead atoms. The topological polar surface area (TPSA) is 115 Å². The number of hydrogen-bond donors (Lipinski definition) is 3. The van der Waals surface area contributed by atoms with Gasteiger partial charge in [-0.3, -0.25) is 19.3 Å². The first-order valence-corrected chi connectivity index (χ1v) is 7.14. The molecule has 23 heavy (non-hydrogen) atoms. The van der Waals surface area contributed by atoms with E-state index in [1.165, 1.54) is 5.56 Å². The number of aryl methyl sites for hydroxylation is 1. The molecule has 1 saturated heterocycles. The minimum atomic E-state index is -1.08. The van der Waals surface area contributed by atoms with Crippen molar-refractivity contribution in [1.29, 1.82) is 0 Å². The van der Waals surface area contributed by atoms with Crippen molar-refractivity contribution in [2.45, 2.75) is 19.9 Å². The van der Waals surface area contributed by atoms with Crippen molar-refractivity contribution in [2.75, 3.05) is 13.1 Å². The Morgan fingerprint density at radius 2 is 1.57 bits per heavy atom. The molecular formula is C16H19NO6. The number of aliphatic carboxylic acids is 2. The van der Waals surface area contributed by atoms with Gasteiger partial charge in [0, 0.05) is 19.6 Å². The highest BCUT2D eigenvalue weighted by molar-refractivity contribution is 5.94. The fourth-order valence-corrected chi connectivity index (χ4v) is 3.46. The van der Waals surface area contributed by atoms with Gasteiger partial charge in [0.2, 0.25) is 0 Å². The fourth-order valence-electron chi connectivity index (χ4n) is 3.46. The highest BCUT2D eigenvalue weighted by atomic mass is 16.4. The lowest BCUT2D eigenvalue weighted by atomic mass is 9.97. The molecule has 2 atom stereocenters. The van der Waals surface area contributed by atoms with Crippen LogP contribution in [0.25, 0.3) is 0 Å². The van der Waals surface area contributed by atoms with E-state index in [1.807, 2.05) is 36.1 Å². The van der Waals surface area contributed by atoms with Crippen molar-refractivity contribution in [2.24, 2.45) is 10.8 Å². The van der Waals surface area contributed by atoms with Crippen LogP contribution in [0.3, 0.4) is 0 Å². The quantitative estimate of drug-likeness (QED) is 0.710. The third-order valence-corrected chi connectivity index (χ3v) is 4.73. The predicted octanol–water partition coefficient (Wildman–Crippen LogP) is 1.06. The van der Waals surface area contributed by atoms with Gasteiger partial charge in [0.15, 0.2) is 0 Å². The van der Waals surface area contributed by atoms with Gasteiger partial charge in [-0.1, -0.05) is 29.8 Å². The molecule has 124 valence electrons. The summed E-state index contributed by atoms with van der Waals surface area (Å²) in [6.07, 6.45) is 0.259. The molecule has 2 aliphatic rings. The minimum Gasteiger partial charge on any atom is -0.483 e. The third kappa shape index (κ3) is 2.79. The van der Waals surface area contributed by atoms with Crippen LogP contribution in [0.2, 0.25) is 0 Å². The SMILES string of the molecule is Cc1ccc(CN2C[C@@]3(C(=O)O)C[C@@]3(C(=O)O)C2)cc1.O=CO. The average molecular weight is 321 g/mol. The molecular weight excluding hydrogens is 302 g/mol. The summed E-state index contributed by atoms with van der Waals surface area (Å²) in [5.41, 5.74) is 0.0903. The van der Waals surface area contributed by atoms with Crippen LogP contribution in [0.1, 0.15) is 17.5 Å². The van der Waals surface area contributed by atoms with E-state index >= 15 is 0 Å². The number of carboxylic acids is 2. The highest BCUT2D eigenvalue weighted by Crippen LogP contribution is 2.68. The Bertz CT molecular complexity index is 600. The van der Waals surface area contributed by atoms with E-state index in [4.69, 9.17) is 9.90 Å². The normalized spacial score (nSPS) is 28.2. The van der Waals surface area contributed by atoms with Crippen LogP contribution >= 0.6 is 0 Å². The van der Waals surface area contributed by atoms with Crippen molar-refractivity contribution in [3.05, 3.63) is 35.4 Å².